The number of methoxy groups -OCH3 is 1. The monoisotopic (exact) mass is 948 g/mol. The van der Waals surface area contributed by atoms with Crippen molar-refractivity contribution in [2.24, 2.45) is 46.3 Å². The van der Waals surface area contributed by atoms with Crippen LogP contribution >= 0.6 is 0 Å². The minimum Gasteiger partial charge on any atom is -0.497 e. The lowest BCUT2D eigenvalue weighted by atomic mass is 9.47. The fraction of sp³-hybridized carbons (Fsp3) is 0.704. The van der Waals surface area contributed by atoms with Crippen LogP contribution in [0.25, 0.3) is 0 Å². The molecule has 8 rings (SSSR count). The number of esters is 2. The SMILES string of the molecule is COc1ccc(C(=O)O[C@@H]2C(O)[C@H](O)CO[C@H]2OC2[C@@H](OC(C)=O)[C@H](O[C@H]3C[C@H]4[C@@H]5CC=C6C[C@@H](O)CC[C@]6(C)[C@H]5CC[C@]4(C)[C@H]3[C@H](C)CCC[C@@H](C)CNCc3ccccc3)OC[C@@H]2O)cc1. The fourth-order valence-corrected chi connectivity index (χ4v) is 13.6. The second-order valence-corrected chi connectivity index (χ2v) is 21.6. The van der Waals surface area contributed by atoms with Gasteiger partial charge >= 0.3 is 11.9 Å². The summed E-state index contributed by atoms with van der Waals surface area (Å²) in [6, 6.07) is 16.7. The van der Waals surface area contributed by atoms with Gasteiger partial charge in [0.1, 0.15) is 30.2 Å². The molecule has 14 nitrogen and oxygen atoms in total. The highest BCUT2D eigenvalue weighted by Gasteiger charge is 2.63. The van der Waals surface area contributed by atoms with E-state index >= 15 is 0 Å². The van der Waals surface area contributed by atoms with Crippen molar-refractivity contribution in [3.05, 3.63) is 77.4 Å². The van der Waals surface area contributed by atoms with Gasteiger partial charge in [0.15, 0.2) is 24.8 Å². The van der Waals surface area contributed by atoms with E-state index in [0.717, 1.165) is 77.3 Å². The second-order valence-electron chi connectivity index (χ2n) is 21.6. The molecule has 0 radical (unpaired) electrons. The van der Waals surface area contributed by atoms with E-state index < -0.39 is 61.1 Å². The molecule has 3 saturated carbocycles. The number of carbonyl (C=O) groups is 2. The number of benzene rings is 2. The van der Waals surface area contributed by atoms with Crippen LogP contribution in [0.4, 0.5) is 0 Å². The summed E-state index contributed by atoms with van der Waals surface area (Å²) in [5.41, 5.74) is 2.89. The van der Waals surface area contributed by atoms with Gasteiger partial charge in [0.25, 0.3) is 0 Å². The first kappa shape index (κ1) is 50.9. The molecular weight excluding hydrogens is 871 g/mol. The Labute approximate surface area is 402 Å². The molecule has 376 valence electrons. The molecule has 4 aliphatic carbocycles. The van der Waals surface area contributed by atoms with Crippen LogP contribution in [0.3, 0.4) is 0 Å². The predicted molar refractivity (Wildman–Crippen MR) is 252 cm³/mol. The van der Waals surface area contributed by atoms with E-state index in [9.17, 15) is 30.0 Å². The number of carbonyl (C=O) groups excluding carboxylic acids is 2. The number of fused-ring (bicyclic) bond motifs is 5. The zero-order valence-electron chi connectivity index (χ0n) is 40.9. The van der Waals surface area contributed by atoms with Gasteiger partial charge in [-0.2, -0.15) is 0 Å². The molecule has 0 bridgehead atoms. The van der Waals surface area contributed by atoms with Gasteiger partial charge < -0.3 is 58.9 Å². The summed E-state index contributed by atoms with van der Waals surface area (Å²) in [5, 5.41) is 47.6. The van der Waals surface area contributed by atoms with Crippen LogP contribution in [0.1, 0.15) is 115 Å². The molecule has 5 fully saturated rings. The lowest BCUT2D eigenvalue weighted by Crippen LogP contribution is -2.62. The Kier molecular flexibility index (Phi) is 16.4. The van der Waals surface area contributed by atoms with E-state index in [1.54, 1.807) is 12.1 Å². The average molecular weight is 948 g/mol. The van der Waals surface area contributed by atoms with Gasteiger partial charge in [-0.3, -0.25) is 4.79 Å². The predicted octanol–water partition coefficient (Wildman–Crippen LogP) is 6.50. The molecule has 2 heterocycles. The van der Waals surface area contributed by atoms with Crippen LogP contribution in [0.2, 0.25) is 0 Å². The third-order valence-corrected chi connectivity index (χ3v) is 17.1. The summed E-state index contributed by atoms with van der Waals surface area (Å²) in [4.78, 5) is 26.3. The van der Waals surface area contributed by atoms with Gasteiger partial charge in [-0.1, -0.05) is 82.5 Å². The summed E-state index contributed by atoms with van der Waals surface area (Å²) in [5.74, 6) is 1.36. The highest BCUT2D eigenvalue weighted by Crippen LogP contribution is 2.68. The number of hydrogen-bond acceptors (Lipinski definition) is 14. The van der Waals surface area contributed by atoms with Gasteiger partial charge in [0.2, 0.25) is 0 Å². The van der Waals surface area contributed by atoms with E-state index in [1.807, 2.05) is 6.07 Å². The molecule has 14 heteroatoms. The molecule has 68 heavy (non-hydrogen) atoms. The maximum Gasteiger partial charge on any atom is 0.338 e. The standard InChI is InChI=1S/C54H77NO13/c1-31(27-55-28-34-13-8-7-9-14-34)11-10-12-32(2)45-44(26-41-39-20-17-36-25-37(57)21-23-53(36,4)40(39)22-24-54(41,45)5)66-52-49(65-33(3)56)47(43(59)30-64-52)68-51-48(46(60)42(58)29-63-51)67-50(61)35-15-18-38(62-6)19-16-35/h7-9,13-19,31-32,37,39-49,51-52,55,57-60H,10-12,20-30H2,1-6H3/t31-,32-,37+,39-,40+,41+,42-,43+,44+,45+,46?,47?,48-,49-,51+,52+,53+,54+/m1/s1. The number of rotatable bonds is 17. The van der Waals surface area contributed by atoms with Crippen LogP contribution in [0.5, 0.6) is 5.75 Å². The Balaban J connectivity index is 1.02. The number of ether oxygens (including phenoxy) is 7. The molecule has 0 aromatic heterocycles. The fourth-order valence-electron chi connectivity index (χ4n) is 13.6. The van der Waals surface area contributed by atoms with E-state index in [4.69, 9.17) is 33.2 Å². The number of allylic oxidation sites excluding steroid dienone is 1. The highest BCUT2D eigenvalue weighted by atomic mass is 16.7. The Hall–Kier alpha value is -3.44. The first-order valence-corrected chi connectivity index (χ1v) is 25.3. The quantitative estimate of drug-likeness (QED) is 0.0853. The maximum absolute atomic E-state index is 13.4. The topological polar surface area (TPSA) is 192 Å². The van der Waals surface area contributed by atoms with Gasteiger partial charge in [-0.25, -0.2) is 4.79 Å². The molecule has 2 aliphatic heterocycles. The molecule has 2 unspecified atom stereocenters. The van der Waals surface area contributed by atoms with Crippen LogP contribution in [-0.2, 0) is 39.8 Å². The summed E-state index contributed by atoms with van der Waals surface area (Å²) < 4.78 is 42.7. The Bertz CT molecular complexity index is 2020. The van der Waals surface area contributed by atoms with Crippen molar-refractivity contribution < 1.29 is 63.2 Å². The van der Waals surface area contributed by atoms with Crippen molar-refractivity contribution in [3.63, 3.8) is 0 Å². The molecule has 5 N–H and O–H groups in total. The molecule has 18 atom stereocenters. The first-order chi connectivity index (χ1) is 32.6. The second kappa shape index (κ2) is 21.9. The van der Waals surface area contributed by atoms with Crippen molar-refractivity contribution in [2.75, 3.05) is 26.9 Å². The third-order valence-electron chi connectivity index (χ3n) is 17.1. The van der Waals surface area contributed by atoms with Crippen molar-refractivity contribution in [1.29, 1.82) is 0 Å². The van der Waals surface area contributed by atoms with Crippen LogP contribution in [0.15, 0.2) is 66.2 Å². The number of aliphatic hydroxyl groups is 4. The van der Waals surface area contributed by atoms with Gasteiger partial charge in [-0.15, -0.1) is 0 Å². The minimum absolute atomic E-state index is 0.0428. The lowest BCUT2D eigenvalue weighted by molar-refractivity contribution is -0.340. The molecule has 2 saturated heterocycles. The van der Waals surface area contributed by atoms with Crippen LogP contribution in [-0.4, -0.2) is 121 Å². The zero-order chi connectivity index (χ0) is 48.3. The Morgan fingerprint density at radius 2 is 1.56 bits per heavy atom. The van der Waals surface area contributed by atoms with Crippen molar-refractivity contribution in [2.45, 2.75) is 167 Å². The molecular formula is C54H77NO13. The summed E-state index contributed by atoms with van der Waals surface area (Å²) in [7, 11) is 1.51. The smallest absolute Gasteiger partial charge is 0.338 e. The molecule has 2 aromatic carbocycles. The van der Waals surface area contributed by atoms with E-state index in [-0.39, 0.29) is 47.7 Å². The van der Waals surface area contributed by atoms with E-state index in [1.165, 1.54) is 37.3 Å². The van der Waals surface area contributed by atoms with Crippen molar-refractivity contribution >= 4 is 11.9 Å². The molecule has 0 spiro atoms. The molecule has 6 aliphatic rings. The number of aliphatic hydroxyl groups excluding tert-OH is 4. The van der Waals surface area contributed by atoms with Gasteiger partial charge in [0.05, 0.1) is 38.1 Å². The molecule has 0 amide bonds. The number of nitrogens with one attached hydrogen (secondary N) is 1. The summed E-state index contributed by atoms with van der Waals surface area (Å²) in [6.45, 7) is 12.1. The average Bonchev–Trinajstić information content (AvgIpc) is 3.62. The zero-order valence-corrected chi connectivity index (χ0v) is 40.9. The number of hydrogen-bond donors (Lipinski definition) is 5. The summed E-state index contributed by atoms with van der Waals surface area (Å²) >= 11 is 0. The third kappa shape index (κ3) is 10.9. The van der Waals surface area contributed by atoms with Crippen molar-refractivity contribution in [3.8, 4) is 5.75 Å². The maximum atomic E-state index is 13.4. The van der Waals surface area contributed by atoms with Gasteiger partial charge in [-0.05, 0) is 134 Å². The van der Waals surface area contributed by atoms with Crippen molar-refractivity contribution in [1.82, 2.24) is 5.32 Å². The largest absolute Gasteiger partial charge is 0.497 e. The lowest BCUT2D eigenvalue weighted by Gasteiger charge is -2.58. The van der Waals surface area contributed by atoms with E-state index in [2.05, 4.69) is 63.4 Å². The van der Waals surface area contributed by atoms with E-state index in [0.29, 0.717) is 35.3 Å². The Morgan fingerprint density at radius 1 is 0.838 bits per heavy atom. The highest BCUT2D eigenvalue weighted by molar-refractivity contribution is 5.89. The van der Waals surface area contributed by atoms with Crippen LogP contribution in [0, 0.1) is 46.3 Å². The van der Waals surface area contributed by atoms with Crippen LogP contribution < -0.4 is 10.1 Å². The molecule has 2 aromatic rings. The summed E-state index contributed by atoms with van der Waals surface area (Å²) in [6.07, 6.45) is 0.657. The van der Waals surface area contributed by atoms with Gasteiger partial charge in [0, 0.05) is 13.5 Å². The normalized spacial score (nSPS) is 38.8. The minimum atomic E-state index is -1.60. The first-order valence-electron chi connectivity index (χ1n) is 25.3. The Morgan fingerprint density at radius 3 is 2.28 bits per heavy atom.